The van der Waals surface area contributed by atoms with Crippen LogP contribution in [0.25, 0.3) is 27.8 Å². The predicted molar refractivity (Wildman–Crippen MR) is 110 cm³/mol. The highest BCUT2D eigenvalue weighted by Gasteiger charge is 2.11. The SMILES string of the molecule is Fc1cccc(-c2nnc3ccc(SCc4cccc5ccccc45)nn23)c1. The fourth-order valence-corrected chi connectivity index (χ4v) is 4.09. The quantitative estimate of drug-likeness (QED) is 0.389. The van der Waals surface area contributed by atoms with Crippen molar-refractivity contribution in [1.29, 1.82) is 0 Å². The van der Waals surface area contributed by atoms with Gasteiger partial charge in [-0.2, -0.15) is 9.61 Å². The van der Waals surface area contributed by atoms with E-state index in [1.165, 1.54) is 28.5 Å². The molecule has 5 rings (SSSR count). The zero-order valence-electron chi connectivity index (χ0n) is 14.8. The molecule has 2 aromatic heterocycles. The topological polar surface area (TPSA) is 43.1 Å². The van der Waals surface area contributed by atoms with Crippen LogP contribution in [0.3, 0.4) is 0 Å². The van der Waals surface area contributed by atoms with Crippen molar-refractivity contribution in [2.24, 2.45) is 0 Å². The predicted octanol–water partition coefficient (Wildman–Crippen LogP) is 5.38. The van der Waals surface area contributed by atoms with Crippen LogP contribution < -0.4 is 0 Å². The number of thioether (sulfide) groups is 1. The van der Waals surface area contributed by atoms with Gasteiger partial charge in [-0.3, -0.25) is 0 Å². The molecule has 2 heterocycles. The van der Waals surface area contributed by atoms with Crippen LogP contribution in [0.5, 0.6) is 0 Å². The summed E-state index contributed by atoms with van der Waals surface area (Å²) in [6.45, 7) is 0. The fraction of sp³-hybridized carbons (Fsp3) is 0.0455. The monoisotopic (exact) mass is 386 g/mol. The number of nitrogens with zero attached hydrogens (tertiary/aromatic N) is 4. The highest BCUT2D eigenvalue weighted by atomic mass is 32.2. The first-order valence-corrected chi connectivity index (χ1v) is 9.84. The Morgan fingerprint density at radius 3 is 2.64 bits per heavy atom. The van der Waals surface area contributed by atoms with Gasteiger partial charge in [0, 0.05) is 11.3 Å². The lowest BCUT2D eigenvalue weighted by Gasteiger charge is -2.07. The first-order chi connectivity index (χ1) is 13.8. The lowest BCUT2D eigenvalue weighted by molar-refractivity contribution is 0.628. The maximum Gasteiger partial charge on any atom is 0.185 e. The molecule has 136 valence electrons. The first kappa shape index (κ1) is 16.9. The van der Waals surface area contributed by atoms with Gasteiger partial charge in [0.1, 0.15) is 10.8 Å². The average Bonchev–Trinajstić information content (AvgIpc) is 3.15. The van der Waals surface area contributed by atoms with Crippen molar-refractivity contribution in [2.75, 3.05) is 0 Å². The van der Waals surface area contributed by atoms with Gasteiger partial charge in [-0.15, -0.1) is 10.2 Å². The van der Waals surface area contributed by atoms with Crippen LogP contribution in [0.4, 0.5) is 4.39 Å². The largest absolute Gasteiger partial charge is 0.207 e. The summed E-state index contributed by atoms with van der Waals surface area (Å²) in [7, 11) is 0. The number of aromatic nitrogens is 4. The second kappa shape index (κ2) is 7.05. The molecular formula is C22H15FN4S. The molecule has 0 radical (unpaired) electrons. The number of rotatable bonds is 4. The highest BCUT2D eigenvalue weighted by molar-refractivity contribution is 7.98. The molecule has 0 atom stereocenters. The summed E-state index contributed by atoms with van der Waals surface area (Å²) in [5, 5.41) is 16.3. The van der Waals surface area contributed by atoms with E-state index in [1.807, 2.05) is 12.1 Å². The second-order valence-electron chi connectivity index (χ2n) is 6.40. The maximum absolute atomic E-state index is 13.6. The smallest absolute Gasteiger partial charge is 0.185 e. The van der Waals surface area contributed by atoms with E-state index >= 15 is 0 Å². The zero-order valence-corrected chi connectivity index (χ0v) is 15.6. The Kier molecular flexibility index (Phi) is 4.25. The molecule has 0 aliphatic rings. The van der Waals surface area contributed by atoms with E-state index in [2.05, 4.69) is 57.8 Å². The van der Waals surface area contributed by atoms with E-state index in [4.69, 9.17) is 0 Å². The Labute approximate surface area is 165 Å². The van der Waals surface area contributed by atoms with E-state index in [1.54, 1.807) is 28.4 Å². The van der Waals surface area contributed by atoms with Crippen LogP contribution >= 0.6 is 11.8 Å². The van der Waals surface area contributed by atoms with Crippen molar-refractivity contribution in [3.05, 3.63) is 90.2 Å². The minimum atomic E-state index is -0.310. The molecule has 4 nitrogen and oxygen atoms in total. The first-order valence-electron chi connectivity index (χ1n) is 8.86. The van der Waals surface area contributed by atoms with Crippen LogP contribution in [-0.2, 0) is 5.75 Å². The molecule has 6 heteroatoms. The van der Waals surface area contributed by atoms with Gasteiger partial charge >= 0.3 is 0 Å². The van der Waals surface area contributed by atoms with Crippen molar-refractivity contribution in [3.63, 3.8) is 0 Å². The Morgan fingerprint density at radius 1 is 0.857 bits per heavy atom. The minimum absolute atomic E-state index is 0.310. The Balaban J connectivity index is 1.47. The third kappa shape index (κ3) is 3.12. The van der Waals surface area contributed by atoms with E-state index < -0.39 is 0 Å². The van der Waals surface area contributed by atoms with Crippen molar-refractivity contribution >= 4 is 28.2 Å². The average molecular weight is 386 g/mol. The third-order valence-electron chi connectivity index (χ3n) is 4.58. The number of benzene rings is 3. The van der Waals surface area contributed by atoms with E-state index in [-0.39, 0.29) is 5.82 Å². The molecule has 28 heavy (non-hydrogen) atoms. The van der Waals surface area contributed by atoms with Gasteiger partial charge in [0.15, 0.2) is 11.5 Å². The van der Waals surface area contributed by atoms with E-state index in [0.717, 1.165) is 10.8 Å². The van der Waals surface area contributed by atoms with Crippen LogP contribution in [0, 0.1) is 5.82 Å². The molecule has 3 aromatic carbocycles. The summed E-state index contributed by atoms with van der Waals surface area (Å²) >= 11 is 1.65. The van der Waals surface area contributed by atoms with Crippen molar-refractivity contribution < 1.29 is 4.39 Å². The molecule has 0 saturated heterocycles. The summed E-state index contributed by atoms with van der Waals surface area (Å²) in [6, 6.07) is 24.8. The van der Waals surface area contributed by atoms with Gasteiger partial charge in [-0.1, -0.05) is 66.4 Å². The van der Waals surface area contributed by atoms with Gasteiger partial charge in [-0.25, -0.2) is 4.39 Å². The molecule has 0 aliphatic carbocycles. The van der Waals surface area contributed by atoms with Gasteiger partial charge in [0.25, 0.3) is 0 Å². The van der Waals surface area contributed by atoms with Crippen LogP contribution in [0.15, 0.2) is 83.9 Å². The van der Waals surface area contributed by atoms with Crippen molar-refractivity contribution in [1.82, 2.24) is 19.8 Å². The standard InChI is InChI=1S/C22H15FN4S/c23-18-9-4-7-16(13-18)22-25-24-20-11-12-21(26-27(20)22)28-14-17-8-3-6-15-5-1-2-10-19(15)17/h1-13H,14H2. The van der Waals surface area contributed by atoms with Gasteiger partial charge in [-0.05, 0) is 40.6 Å². The molecule has 0 fully saturated rings. The van der Waals surface area contributed by atoms with Crippen molar-refractivity contribution in [3.8, 4) is 11.4 Å². The Morgan fingerprint density at radius 2 is 1.71 bits per heavy atom. The highest BCUT2D eigenvalue weighted by Crippen LogP contribution is 2.27. The number of halogens is 1. The Bertz CT molecular complexity index is 1290. The molecule has 0 bridgehead atoms. The number of fused-ring (bicyclic) bond motifs is 2. The van der Waals surface area contributed by atoms with Crippen LogP contribution in [-0.4, -0.2) is 19.8 Å². The third-order valence-corrected chi connectivity index (χ3v) is 5.55. The molecule has 0 unspecified atom stereocenters. The van der Waals surface area contributed by atoms with Gasteiger partial charge in [0.2, 0.25) is 0 Å². The summed E-state index contributed by atoms with van der Waals surface area (Å²) in [5.41, 5.74) is 2.55. The normalized spacial score (nSPS) is 11.3. The van der Waals surface area contributed by atoms with Gasteiger partial charge in [0.05, 0.1) is 0 Å². The fourth-order valence-electron chi connectivity index (χ4n) is 3.23. The Hall–Kier alpha value is -3.25. The van der Waals surface area contributed by atoms with E-state index in [0.29, 0.717) is 17.0 Å². The van der Waals surface area contributed by atoms with Crippen LogP contribution in [0.1, 0.15) is 5.56 Å². The maximum atomic E-state index is 13.6. The van der Waals surface area contributed by atoms with Crippen molar-refractivity contribution in [2.45, 2.75) is 10.8 Å². The lowest BCUT2D eigenvalue weighted by atomic mass is 10.1. The molecule has 0 aliphatic heterocycles. The molecule has 0 amide bonds. The minimum Gasteiger partial charge on any atom is -0.207 e. The van der Waals surface area contributed by atoms with E-state index in [9.17, 15) is 4.39 Å². The number of hydrogen-bond acceptors (Lipinski definition) is 4. The molecule has 0 spiro atoms. The summed E-state index contributed by atoms with van der Waals surface area (Å²) in [5.74, 6) is 1.02. The molecule has 0 N–H and O–H groups in total. The van der Waals surface area contributed by atoms with Crippen LogP contribution in [0.2, 0.25) is 0 Å². The van der Waals surface area contributed by atoms with Gasteiger partial charge < -0.3 is 0 Å². The summed E-state index contributed by atoms with van der Waals surface area (Å²) in [6.07, 6.45) is 0. The zero-order chi connectivity index (χ0) is 18.9. The summed E-state index contributed by atoms with van der Waals surface area (Å²) < 4.78 is 15.3. The molecule has 0 saturated carbocycles. The molecule has 5 aromatic rings. The molecular weight excluding hydrogens is 371 g/mol. The number of hydrogen-bond donors (Lipinski definition) is 0. The summed E-state index contributed by atoms with van der Waals surface area (Å²) in [4.78, 5) is 0. The second-order valence-corrected chi connectivity index (χ2v) is 7.40. The lowest BCUT2D eigenvalue weighted by Crippen LogP contribution is -1.97.